The number of carbonyl (C=O) groups excluding carboxylic acids is 2. The first kappa shape index (κ1) is 15.2. The second-order valence-electron chi connectivity index (χ2n) is 4.41. The monoisotopic (exact) mass is 291 g/mol. The van der Waals surface area contributed by atoms with Crippen LogP contribution in [0.1, 0.15) is 15.9 Å². The van der Waals surface area contributed by atoms with Gasteiger partial charge in [-0.15, -0.1) is 0 Å². The summed E-state index contributed by atoms with van der Waals surface area (Å²) in [6, 6.07) is 18.9. The summed E-state index contributed by atoms with van der Waals surface area (Å²) in [4.78, 5) is 24.6. The fraction of sp³-hybridized carbons (Fsp3) is 0.0556. The Hall–Kier alpha value is -3.19. The number of hydrogen-bond donors (Lipinski definition) is 0. The standard InChI is InChI=1S/C18H13NO3/c1-22-18(21)15(12-19)16(13-8-4-2-5-9-13)17(20)14-10-6-3-7-11-14/h2-11H,1H3. The predicted octanol–water partition coefficient (Wildman–Crippen LogP) is 3.02. The minimum Gasteiger partial charge on any atom is -0.465 e. The van der Waals surface area contributed by atoms with Gasteiger partial charge in [-0.25, -0.2) is 4.79 Å². The molecule has 0 N–H and O–H groups in total. The Kier molecular flexibility index (Phi) is 4.84. The molecule has 4 heteroatoms. The van der Waals surface area contributed by atoms with E-state index in [0.29, 0.717) is 11.1 Å². The maximum Gasteiger partial charge on any atom is 0.349 e. The zero-order valence-corrected chi connectivity index (χ0v) is 11.9. The zero-order chi connectivity index (χ0) is 15.9. The first-order chi connectivity index (χ1) is 10.7. The molecule has 2 aromatic rings. The maximum absolute atomic E-state index is 12.7. The Morgan fingerprint density at radius 3 is 1.86 bits per heavy atom. The molecule has 0 unspecified atom stereocenters. The molecule has 0 atom stereocenters. The van der Waals surface area contributed by atoms with Gasteiger partial charge in [0.2, 0.25) is 0 Å². The van der Waals surface area contributed by atoms with Crippen molar-refractivity contribution >= 4 is 17.3 Å². The molecule has 0 aromatic heterocycles. The fourth-order valence-corrected chi connectivity index (χ4v) is 2.03. The Balaban J connectivity index is 2.67. The Morgan fingerprint density at radius 1 is 0.909 bits per heavy atom. The molecule has 0 spiro atoms. The first-order valence-corrected chi connectivity index (χ1v) is 6.57. The molecule has 0 fully saturated rings. The van der Waals surface area contributed by atoms with Gasteiger partial charge in [-0.05, 0) is 5.56 Å². The van der Waals surface area contributed by atoms with E-state index in [1.54, 1.807) is 66.7 Å². The van der Waals surface area contributed by atoms with Crippen LogP contribution in [-0.2, 0) is 9.53 Å². The molecule has 0 aliphatic carbocycles. The van der Waals surface area contributed by atoms with E-state index in [1.807, 2.05) is 0 Å². The van der Waals surface area contributed by atoms with E-state index in [0.717, 1.165) is 0 Å². The van der Waals surface area contributed by atoms with Gasteiger partial charge < -0.3 is 4.74 Å². The predicted molar refractivity (Wildman–Crippen MR) is 81.8 cm³/mol. The molecule has 0 saturated heterocycles. The zero-order valence-electron chi connectivity index (χ0n) is 11.9. The highest BCUT2D eigenvalue weighted by molar-refractivity contribution is 6.33. The van der Waals surface area contributed by atoms with E-state index >= 15 is 0 Å². The molecule has 0 heterocycles. The second kappa shape index (κ2) is 7.00. The van der Waals surface area contributed by atoms with Crippen LogP contribution in [-0.4, -0.2) is 18.9 Å². The summed E-state index contributed by atoms with van der Waals surface area (Å²) in [5.74, 6) is -1.22. The van der Waals surface area contributed by atoms with Gasteiger partial charge >= 0.3 is 5.97 Å². The smallest absolute Gasteiger partial charge is 0.349 e. The van der Waals surface area contributed by atoms with Crippen LogP contribution in [0.5, 0.6) is 0 Å². The van der Waals surface area contributed by atoms with Crippen molar-refractivity contribution in [3.8, 4) is 6.07 Å². The largest absolute Gasteiger partial charge is 0.465 e. The van der Waals surface area contributed by atoms with Crippen molar-refractivity contribution in [1.82, 2.24) is 0 Å². The number of allylic oxidation sites excluding steroid dienone is 1. The van der Waals surface area contributed by atoms with Gasteiger partial charge in [0.1, 0.15) is 11.6 Å². The van der Waals surface area contributed by atoms with Crippen molar-refractivity contribution in [2.45, 2.75) is 0 Å². The highest BCUT2D eigenvalue weighted by atomic mass is 16.5. The lowest BCUT2D eigenvalue weighted by Crippen LogP contribution is -2.12. The molecule has 2 aromatic carbocycles. The molecule has 22 heavy (non-hydrogen) atoms. The minimum absolute atomic E-state index is 0.0427. The van der Waals surface area contributed by atoms with E-state index in [2.05, 4.69) is 4.74 Å². The van der Waals surface area contributed by atoms with Crippen molar-refractivity contribution in [2.24, 2.45) is 0 Å². The number of ether oxygens (including phenoxy) is 1. The van der Waals surface area contributed by atoms with E-state index < -0.39 is 11.8 Å². The molecular formula is C18H13NO3. The second-order valence-corrected chi connectivity index (χ2v) is 4.41. The Labute approximate surface area is 128 Å². The van der Waals surface area contributed by atoms with Crippen LogP contribution >= 0.6 is 0 Å². The first-order valence-electron chi connectivity index (χ1n) is 6.57. The van der Waals surface area contributed by atoms with Gasteiger partial charge in [-0.2, -0.15) is 5.26 Å². The molecule has 2 rings (SSSR count). The van der Waals surface area contributed by atoms with Crippen LogP contribution < -0.4 is 0 Å². The molecule has 0 aliphatic rings. The van der Waals surface area contributed by atoms with Gasteiger partial charge in [-0.1, -0.05) is 60.7 Å². The lowest BCUT2D eigenvalue weighted by Gasteiger charge is -2.09. The number of rotatable bonds is 4. The van der Waals surface area contributed by atoms with Crippen molar-refractivity contribution in [3.05, 3.63) is 77.4 Å². The molecule has 0 bridgehead atoms. The van der Waals surface area contributed by atoms with Crippen LogP contribution in [0.2, 0.25) is 0 Å². The number of hydrogen-bond acceptors (Lipinski definition) is 4. The number of ketones is 1. The third-order valence-electron chi connectivity index (χ3n) is 3.08. The summed E-state index contributed by atoms with van der Waals surface area (Å²) in [6.07, 6.45) is 0. The lowest BCUT2D eigenvalue weighted by molar-refractivity contribution is -0.135. The summed E-state index contributed by atoms with van der Waals surface area (Å²) in [5.41, 5.74) is 0.639. The van der Waals surface area contributed by atoms with Crippen LogP contribution in [0.3, 0.4) is 0 Å². The third kappa shape index (κ3) is 3.10. The van der Waals surface area contributed by atoms with Crippen LogP contribution in [0.4, 0.5) is 0 Å². The summed E-state index contributed by atoms with van der Waals surface area (Å²) < 4.78 is 4.62. The number of esters is 1. The van der Waals surface area contributed by atoms with Gasteiger partial charge in [0.15, 0.2) is 5.78 Å². The van der Waals surface area contributed by atoms with Gasteiger partial charge in [-0.3, -0.25) is 4.79 Å². The molecule has 0 aliphatic heterocycles. The topological polar surface area (TPSA) is 67.2 Å². The van der Waals surface area contributed by atoms with Crippen molar-refractivity contribution in [3.63, 3.8) is 0 Å². The molecule has 0 amide bonds. The van der Waals surface area contributed by atoms with E-state index in [9.17, 15) is 14.9 Å². The quantitative estimate of drug-likeness (QED) is 0.376. The average Bonchev–Trinajstić information content (AvgIpc) is 2.60. The molecule has 0 radical (unpaired) electrons. The van der Waals surface area contributed by atoms with Crippen molar-refractivity contribution in [1.29, 1.82) is 5.26 Å². The van der Waals surface area contributed by atoms with E-state index in [-0.39, 0.29) is 11.1 Å². The summed E-state index contributed by atoms with van der Waals surface area (Å²) in [5, 5.41) is 9.29. The maximum atomic E-state index is 12.7. The van der Waals surface area contributed by atoms with E-state index in [4.69, 9.17) is 0 Å². The Morgan fingerprint density at radius 2 is 1.41 bits per heavy atom. The highest BCUT2D eigenvalue weighted by Gasteiger charge is 2.24. The van der Waals surface area contributed by atoms with Gasteiger partial charge in [0.05, 0.1) is 12.7 Å². The SMILES string of the molecule is COC(=O)C(C#N)=C(C(=O)c1ccccc1)c1ccccc1. The summed E-state index contributed by atoms with van der Waals surface area (Å²) >= 11 is 0. The number of Topliss-reactive ketones (excluding diaryl/α,β-unsaturated/α-hetero) is 1. The fourth-order valence-electron chi connectivity index (χ4n) is 2.03. The highest BCUT2D eigenvalue weighted by Crippen LogP contribution is 2.24. The van der Waals surface area contributed by atoms with Gasteiger partial charge in [0, 0.05) is 5.56 Å². The number of nitriles is 1. The van der Waals surface area contributed by atoms with Crippen LogP contribution in [0.15, 0.2) is 66.2 Å². The van der Waals surface area contributed by atoms with Crippen LogP contribution in [0.25, 0.3) is 5.57 Å². The van der Waals surface area contributed by atoms with Gasteiger partial charge in [0.25, 0.3) is 0 Å². The molecular weight excluding hydrogens is 278 g/mol. The summed E-state index contributed by atoms with van der Waals surface area (Å²) in [6.45, 7) is 0. The Bertz CT molecular complexity index is 756. The van der Waals surface area contributed by atoms with E-state index in [1.165, 1.54) is 7.11 Å². The normalized spacial score (nSPS) is 11.1. The average molecular weight is 291 g/mol. The third-order valence-corrected chi connectivity index (χ3v) is 3.08. The number of carbonyl (C=O) groups is 2. The number of benzene rings is 2. The lowest BCUT2D eigenvalue weighted by atomic mass is 9.92. The number of nitrogens with zero attached hydrogens (tertiary/aromatic N) is 1. The van der Waals surface area contributed by atoms with Crippen LogP contribution in [0, 0.1) is 11.3 Å². The summed E-state index contributed by atoms with van der Waals surface area (Å²) in [7, 11) is 1.18. The minimum atomic E-state index is -0.828. The molecule has 108 valence electrons. The molecule has 0 saturated carbocycles. The number of methoxy groups -OCH3 is 1. The van der Waals surface area contributed by atoms with Crippen molar-refractivity contribution < 1.29 is 14.3 Å². The molecule has 4 nitrogen and oxygen atoms in total. The van der Waals surface area contributed by atoms with Crippen molar-refractivity contribution in [2.75, 3.05) is 7.11 Å².